The lowest BCUT2D eigenvalue weighted by Crippen LogP contribution is -2.37. The van der Waals surface area contributed by atoms with Gasteiger partial charge in [0.05, 0.1) is 13.0 Å². The topological polar surface area (TPSA) is 55.8 Å². The predicted molar refractivity (Wildman–Crippen MR) is 103 cm³/mol. The van der Waals surface area contributed by atoms with Crippen LogP contribution < -0.4 is 4.74 Å². The summed E-state index contributed by atoms with van der Waals surface area (Å²) in [4.78, 5) is 25.9. The Kier molecular flexibility index (Phi) is 10.4. The summed E-state index contributed by atoms with van der Waals surface area (Å²) in [5, 5.41) is 0. The summed E-state index contributed by atoms with van der Waals surface area (Å²) in [5.41, 5.74) is 2.18. The third kappa shape index (κ3) is 7.89. The molecule has 0 atom stereocenters. The molecule has 0 aliphatic heterocycles. The highest BCUT2D eigenvalue weighted by Crippen LogP contribution is 2.20. The average molecular weight is 363 g/mol. The number of carbonyl (C=O) groups excluding carboxylic acids is 2. The molecule has 1 aromatic rings. The molecule has 0 unspecified atom stereocenters. The molecule has 0 bridgehead atoms. The van der Waals surface area contributed by atoms with Crippen LogP contribution in [-0.4, -0.2) is 43.1 Å². The zero-order valence-electron chi connectivity index (χ0n) is 16.7. The van der Waals surface area contributed by atoms with E-state index in [4.69, 9.17) is 9.47 Å². The quantitative estimate of drug-likeness (QED) is 0.415. The van der Waals surface area contributed by atoms with Crippen LogP contribution in [0.2, 0.25) is 0 Å². The number of carbonyl (C=O) groups is 2. The first-order valence-electron chi connectivity index (χ1n) is 9.62. The molecule has 0 radical (unpaired) electrons. The minimum absolute atomic E-state index is 0.0130. The third-order valence-corrected chi connectivity index (χ3v) is 4.43. The van der Waals surface area contributed by atoms with Gasteiger partial charge in [0.2, 0.25) is 0 Å². The molecule has 0 fully saturated rings. The van der Waals surface area contributed by atoms with Crippen molar-refractivity contribution in [3.05, 3.63) is 29.3 Å². The van der Waals surface area contributed by atoms with E-state index >= 15 is 0 Å². The Morgan fingerprint density at radius 2 is 1.81 bits per heavy atom. The van der Waals surface area contributed by atoms with Gasteiger partial charge < -0.3 is 14.4 Å². The summed E-state index contributed by atoms with van der Waals surface area (Å²) in [6.45, 7) is 9.31. The summed E-state index contributed by atoms with van der Waals surface area (Å²) < 4.78 is 10.7. The van der Waals surface area contributed by atoms with Crippen LogP contribution in [0.3, 0.4) is 0 Å². The normalized spacial score (nSPS) is 10.5. The fraction of sp³-hybridized carbons (Fsp3) is 0.619. The van der Waals surface area contributed by atoms with Crippen LogP contribution in [0.5, 0.6) is 5.75 Å². The van der Waals surface area contributed by atoms with Gasteiger partial charge in [0.15, 0.2) is 6.61 Å². The summed E-state index contributed by atoms with van der Waals surface area (Å²) in [7, 11) is 0. The van der Waals surface area contributed by atoms with Gasteiger partial charge in [-0.05, 0) is 44.4 Å². The minimum Gasteiger partial charge on any atom is -0.483 e. The molecule has 0 N–H and O–H groups in total. The van der Waals surface area contributed by atoms with Gasteiger partial charge in [-0.2, -0.15) is 0 Å². The number of benzene rings is 1. The molecule has 0 aromatic heterocycles. The number of amides is 1. The molecule has 26 heavy (non-hydrogen) atoms. The standard InChI is InChI=1S/C21H33NO4/c1-5-7-8-9-14-22(15-13-21(24)25-6-2)20(23)16-26-19-12-10-11-17(3)18(19)4/h10-12H,5-9,13-16H2,1-4H3. The summed E-state index contributed by atoms with van der Waals surface area (Å²) >= 11 is 0. The van der Waals surface area contributed by atoms with Gasteiger partial charge in [-0.3, -0.25) is 9.59 Å². The highest BCUT2D eigenvalue weighted by atomic mass is 16.5. The fourth-order valence-electron chi connectivity index (χ4n) is 2.66. The molecule has 1 amide bonds. The lowest BCUT2D eigenvalue weighted by Gasteiger charge is -2.23. The second kappa shape index (κ2) is 12.3. The lowest BCUT2D eigenvalue weighted by atomic mass is 10.1. The van der Waals surface area contributed by atoms with Crippen LogP contribution in [0, 0.1) is 13.8 Å². The molecule has 5 nitrogen and oxygen atoms in total. The zero-order valence-corrected chi connectivity index (χ0v) is 16.7. The number of unbranched alkanes of at least 4 members (excludes halogenated alkanes) is 3. The van der Waals surface area contributed by atoms with E-state index in [9.17, 15) is 9.59 Å². The smallest absolute Gasteiger partial charge is 0.307 e. The Hall–Kier alpha value is -2.04. The maximum absolute atomic E-state index is 12.6. The van der Waals surface area contributed by atoms with Crippen molar-refractivity contribution in [2.45, 2.75) is 59.8 Å². The molecular formula is C21H33NO4. The van der Waals surface area contributed by atoms with Gasteiger partial charge in [-0.15, -0.1) is 0 Å². The first-order chi connectivity index (χ1) is 12.5. The monoisotopic (exact) mass is 363 g/mol. The molecule has 0 saturated heterocycles. The minimum atomic E-state index is -0.269. The first-order valence-corrected chi connectivity index (χ1v) is 9.62. The second-order valence-electron chi connectivity index (χ2n) is 6.48. The van der Waals surface area contributed by atoms with Gasteiger partial charge in [0.1, 0.15) is 5.75 Å². The number of esters is 1. The molecular weight excluding hydrogens is 330 g/mol. The van der Waals surface area contributed by atoms with Gasteiger partial charge in [-0.1, -0.05) is 38.3 Å². The van der Waals surface area contributed by atoms with Gasteiger partial charge >= 0.3 is 5.97 Å². The van der Waals surface area contributed by atoms with Crippen molar-refractivity contribution in [1.82, 2.24) is 4.90 Å². The maximum Gasteiger partial charge on any atom is 0.307 e. The van der Waals surface area contributed by atoms with Crippen LogP contribution in [-0.2, 0) is 14.3 Å². The third-order valence-electron chi connectivity index (χ3n) is 4.43. The molecule has 0 spiro atoms. The van der Waals surface area contributed by atoms with Crippen molar-refractivity contribution < 1.29 is 19.1 Å². The van der Waals surface area contributed by atoms with Crippen molar-refractivity contribution >= 4 is 11.9 Å². The number of hydrogen-bond donors (Lipinski definition) is 0. The van der Waals surface area contributed by atoms with E-state index in [2.05, 4.69) is 6.92 Å². The van der Waals surface area contributed by atoms with Crippen LogP contribution >= 0.6 is 0 Å². The van der Waals surface area contributed by atoms with E-state index in [1.807, 2.05) is 32.0 Å². The molecule has 0 aliphatic carbocycles. The number of nitrogens with zero attached hydrogens (tertiary/aromatic N) is 1. The number of hydrogen-bond acceptors (Lipinski definition) is 4. The Balaban J connectivity index is 2.60. The summed E-state index contributed by atoms with van der Waals surface area (Å²) in [5.74, 6) is 0.371. The fourth-order valence-corrected chi connectivity index (χ4v) is 2.66. The Labute approximate surface area is 157 Å². The molecule has 0 aliphatic rings. The van der Waals surface area contributed by atoms with Gasteiger partial charge in [0.25, 0.3) is 5.91 Å². The summed E-state index contributed by atoms with van der Waals surface area (Å²) in [6.07, 6.45) is 4.53. The Bertz CT molecular complexity index is 571. The van der Waals surface area contributed by atoms with Crippen LogP contribution in [0.15, 0.2) is 18.2 Å². The van der Waals surface area contributed by atoms with E-state index in [0.29, 0.717) is 19.7 Å². The molecule has 0 saturated carbocycles. The molecule has 5 heteroatoms. The van der Waals surface area contributed by atoms with Crippen LogP contribution in [0.25, 0.3) is 0 Å². The van der Waals surface area contributed by atoms with Crippen molar-refractivity contribution in [2.75, 3.05) is 26.3 Å². The van der Waals surface area contributed by atoms with Gasteiger partial charge in [0, 0.05) is 13.1 Å². The summed E-state index contributed by atoms with van der Waals surface area (Å²) in [6, 6.07) is 5.81. The first kappa shape index (κ1) is 22.0. The van der Waals surface area contributed by atoms with E-state index in [1.54, 1.807) is 11.8 Å². The van der Waals surface area contributed by atoms with Crippen molar-refractivity contribution in [2.24, 2.45) is 0 Å². The van der Waals surface area contributed by atoms with Crippen LogP contribution in [0.4, 0.5) is 0 Å². The largest absolute Gasteiger partial charge is 0.483 e. The molecule has 146 valence electrons. The van der Waals surface area contributed by atoms with Crippen LogP contribution in [0.1, 0.15) is 57.1 Å². The maximum atomic E-state index is 12.6. The Morgan fingerprint density at radius 1 is 1.04 bits per heavy atom. The molecule has 1 aromatic carbocycles. The molecule has 0 heterocycles. The Morgan fingerprint density at radius 3 is 2.50 bits per heavy atom. The number of rotatable bonds is 12. The second-order valence-corrected chi connectivity index (χ2v) is 6.48. The number of aryl methyl sites for hydroxylation is 1. The predicted octanol–water partition coefficient (Wildman–Crippen LogP) is 4.04. The van der Waals surface area contributed by atoms with E-state index < -0.39 is 0 Å². The van der Waals surface area contributed by atoms with Crippen molar-refractivity contribution in [3.8, 4) is 5.75 Å². The molecule has 1 rings (SSSR count). The number of ether oxygens (including phenoxy) is 2. The zero-order chi connectivity index (χ0) is 19.4. The van der Waals surface area contributed by atoms with E-state index in [-0.39, 0.29) is 24.9 Å². The average Bonchev–Trinajstić information content (AvgIpc) is 2.62. The highest BCUT2D eigenvalue weighted by molar-refractivity contribution is 5.78. The SMILES string of the molecule is CCCCCCN(CCC(=O)OCC)C(=O)COc1cccc(C)c1C. The van der Waals surface area contributed by atoms with Crippen molar-refractivity contribution in [1.29, 1.82) is 0 Å². The van der Waals surface area contributed by atoms with E-state index in [1.165, 1.54) is 0 Å². The van der Waals surface area contributed by atoms with E-state index in [0.717, 1.165) is 42.6 Å². The van der Waals surface area contributed by atoms with Crippen molar-refractivity contribution in [3.63, 3.8) is 0 Å². The van der Waals surface area contributed by atoms with Gasteiger partial charge in [-0.25, -0.2) is 0 Å². The lowest BCUT2D eigenvalue weighted by molar-refractivity contribution is -0.144. The highest BCUT2D eigenvalue weighted by Gasteiger charge is 2.16.